The van der Waals surface area contributed by atoms with Gasteiger partial charge in [0.1, 0.15) is 0 Å². The van der Waals surface area contributed by atoms with Crippen molar-refractivity contribution in [2.45, 2.75) is 0 Å². The van der Waals surface area contributed by atoms with Crippen molar-refractivity contribution in [1.29, 1.82) is 0 Å². The van der Waals surface area contributed by atoms with Crippen molar-refractivity contribution in [2.75, 3.05) is 0 Å². The maximum Gasteiger partial charge on any atom is 0.0789 e. The van der Waals surface area contributed by atoms with Crippen LogP contribution in [-0.2, 0) is 0 Å². The molecular weight excluding hydrogens is 1810 g/mol. The molecule has 148 heavy (non-hydrogen) atoms. The first-order chi connectivity index (χ1) is 73.5. The second kappa shape index (κ2) is 34.2. The molecule has 0 radical (unpaired) electrons. The standard InChI is InChI=1S/C52H34N2.C46H29N3.C42H26N2S/c1-4-14-35(15-5-1)39-32-40(36-16-6-2-7-17-36)34-41(33-39)37-24-27-43(28-25-37)54-49-31-26-38-18-10-11-21-44(38)50(49)47-30-29-46-45-22-12-13-23-48(45)53(51(46)52(47)54)42-19-8-3-9-20-42;1-2-14-31(15-3-1)48-42-24-11-8-21-37(42)38-26-27-39-44-34-18-5-4-13-30(34)25-28-43(44)49(46(39)45(38)48)33-17-12-16-32(29-33)47-40-22-9-6-19-35(40)36-20-7-10-23-41(36)47;1-2-10-29(11-3-1)43-37-15-7-4-12-31(37)34-23-24-35-32-13-5-8-16-38(32)44(42(35)41(34)43)30-21-18-27(19-22-30)28-20-25-40-36(26-28)33-14-6-9-17-39(33)45-40/h1-34H;1-29H;1-26H. The largest absolute Gasteiger partial charge is 0.309 e. The van der Waals surface area contributed by atoms with E-state index in [0.29, 0.717) is 0 Å². The number of aromatic nitrogens is 7. The lowest BCUT2D eigenvalue weighted by Gasteiger charge is -2.14. The summed E-state index contributed by atoms with van der Waals surface area (Å²) in [6, 6.07) is 197. The van der Waals surface area contributed by atoms with Crippen LogP contribution in [0.2, 0.25) is 0 Å². The first-order valence-electron chi connectivity index (χ1n) is 50.8. The van der Waals surface area contributed by atoms with Crippen molar-refractivity contribution in [3.63, 3.8) is 0 Å². The number of fused-ring (bicyclic) bond motifs is 31. The van der Waals surface area contributed by atoms with Crippen LogP contribution in [0.4, 0.5) is 0 Å². The van der Waals surface area contributed by atoms with Crippen molar-refractivity contribution in [2.24, 2.45) is 0 Å². The van der Waals surface area contributed by atoms with E-state index in [9.17, 15) is 0 Å². The molecule has 0 aliphatic heterocycles. The van der Waals surface area contributed by atoms with Crippen LogP contribution in [0, 0.1) is 0 Å². The fourth-order valence-corrected chi connectivity index (χ4v) is 25.4. The third kappa shape index (κ3) is 13.3. The Hall–Kier alpha value is -19.4. The lowest BCUT2D eigenvalue weighted by atomic mass is 9.93. The molecule has 7 nitrogen and oxygen atoms in total. The summed E-state index contributed by atoms with van der Waals surface area (Å²) in [4.78, 5) is 0. The summed E-state index contributed by atoms with van der Waals surface area (Å²) in [6.07, 6.45) is 0. The molecule has 0 atom stereocenters. The average molecular weight is 1900 g/mol. The van der Waals surface area contributed by atoms with Crippen LogP contribution in [0.3, 0.4) is 0 Å². The van der Waals surface area contributed by atoms with Gasteiger partial charge in [0.05, 0.1) is 77.2 Å². The number of rotatable bonds is 11. The minimum Gasteiger partial charge on any atom is -0.309 e. The van der Waals surface area contributed by atoms with Gasteiger partial charge in [-0.2, -0.15) is 0 Å². The van der Waals surface area contributed by atoms with Crippen molar-refractivity contribution >= 4 is 206 Å². The van der Waals surface area contributed by atoms with Gasteiger partial charge in [-0.15, -0.1) is 11.3 Å². The highest BCUT2D eigenvalue weighted by Crippen LogP contribution is 2.50. The molecule has 0 spiro atoms. The molecule has 24 aromatic carbocycles. The van der Waals surface area contributed by atoms with Gasteiger partial charge in [0.25, 0.3) is 0 Å². The minimum absolute atomic E-state index is 1.13. The van der Waals surface area contributed by atoms with E-state index in [2.05, 4.69) is 572 Å². The lowest BCUT2D eigenvalue weighted by Crippen LogP contribution is -2.00. The summed E-state index contributed by atoms with van der Waals surface area (Å²) in [5.74, 6) is 0. The van der Waals surface area contributed by atoms with Crippen molar-refractivity contribution < 1.29 is 0 Å². The molecule has 0 saturated heterocycles. The predicted molar refractivity (Wildman–Crippen MR) is 629 cm³/mol. The Morgan fingerprint density at radius 2 is 0.372 bits per heavy atom. The van der Waals surface area contributed by atoms with Gasteiger partial charge in [0.2, 0.25) is 0 Å². The predicted octanol–water partition coefficient (Wildman–Crippen LogP) is 38.1. The van der Waals surface area contributed by atoms with Gasteiger partial charge in [0.15, 0.2) is 0 Å². The summed E-state index contributed by atoms with van der Waals surface area (Å²) in [7, 11) is 0. The topological polar surface area (TPSA) is 34.5 Å². The van der Waals surface area contributed by atoms with E-state index in [-0.39, 0.29) is 0 Å². The molecule has 32 rings (SSSR count). The van der Waals surface area contributed by atoms with Crippen LogP contribution in [0.1, 0.15) is 0 Å². The molecule has 0 aliphatic rings. The third-order valence-electron chi connectivity index (χ3n) is 30.8. The van der Waals surface area contributed by atoms with Crippen LogP contribution >= 0.6 is 11.3 Å². The molecule has 0 amide bonds. The maximum atomic E-state index is 2.51. The molecular formula is C140H89N7S. The van der Waals surface area contributed by atoms with Crippen LogP contribution in [0.25, 0.3) is 279 Å². The first-order valence-corrected chi connectivity index (χ1v) is 51.7. The molecule has 0 fully saturated rings. The van der Waals surface area contributed by atoms with Gasteiger partial charge in [-0.25, -0.2) is 0 Å². The number of para-hydroxylation sites is 9. The van der Waals surface area contributed by atoms with E-state index >= 15 is 0 Å². The van der Waals surface area contributed by atoms with Crippen molar-refractivity contribution in [3.8, 4) is 84.3 Å². The Morgan fingerprint density at radius 3 is 0.764 bits per heavy atom. The molecule has 0 aliphatic carbocycles. The zero-order valence-electron chi connectivity index (χ0n) is 80.4. The molecule has 0 bridgehead atoms. The van der Waals surface area contributed by atoms with E-state index in [0.717, 1.165) is 34.1 Å². The second-order valence-corrected chi connectivity index (χ2v) is 39.9. The first kappa shape index (κ1) is 84.3. The van der Waals surface area contributed by atoms with Crippen LogP contribution in [0.15, 0.2) is 540 Å². The monoisotopic (exact) mass is 1900 g/mol. The Bertz CT molecular complexity index is 10900. The second-order valence-electron chi connectivity index (χ2n) is 38.8. The quantitative estimate of drug-likeness (QED) is 0.124. The van der Waals surface area contributed by atoms with Crippen LogP contribution in [-0.4, -0.2) is 32.0 Å². The summed E-state index contributed by atoms with van der Waals surface area (Å²) in [6.45, 7) is 0. The summed E-state index contributed by atoms with van der Waals surface area (Å²) < 4.78 is 19.9. The summed E-state index contributed by atoms with van der Waals surface area (Å²) in [5.41, 5.74) is 34.7. The van der Waals surface area contributed by atoms with E-state index in [1.54, 1.807) is 0 Å². The summed E-state index contributed by atoms with van der Waals surface area (Å²) >= 11 is 1.86. The number of nitrogens with zero attached hydrogens (tertiary/aromatic N) is 7. The molecule has 8 aromatic heterocycles. The number of hydrogen-bond donors (Lipinski definition) is 0. The van der Waals surface area contributed by atoms with Crippen molar-refractivity contribution in [3.05, 3.63) is 540 Å². The Kier molecular flexibility index (Phi) is 19.5. The summed E-state index contributed by atoms with van der Waals surface area (Å²) in [5, 5.41) is 25.3. The van der Waals surface area contributed by atoms with Crippen LogP contribution in [0.5, 0.6) is 0 Å². The van der Waals surface area contributed by atoms with E-state index in [4.69, 9.17) is 0 Å². The van der Waals surface area contributed by atoms with Crippen molar-refractivity contribution in [1.82, 2.24) is 32.0 Å². The maximum absolute atomic E-state index is 2.51. The fraction of sp³-hybridized carbons (Fsp3) is 0. The van der Waals surface area contributed by atoms with Gasteiger partial charge in [-0.05, 0) is 230 Å². The number of hydrogen-bond acceptors (Lipinski definition) is 1. The Balaban J connectivity index is 0.000000103. The van der Waals surface area contributed by atoms with Crippen LogP contribution < -0.4 is 0 Å². The molecule has 8 heterocycles. The third-order valence-corrected chi connectivity index (χ3v) is 31.9. The highest BCUT2D eigenvalue weighted by atomic mass is 32.1. The Morgan fingerprint density at radius 1 is 0.115 bits per heavy atom. The molecule has 0 N–H and O–H groups in total. The van der Waals surface area contributed by atoms with Gasteiger partial charge in [0, 0.05) is 135 Å². The number of benzene rings is 24. The van der Waals surface area contributed by atoms with E-state index < -0.39 is 0 Å². The van der Waals surface area contributed by atoms with E-state index in [1.165, 1.54) is 245 Å². The highest BCUT2D eigenvalue weighted by Gasteiger charge is 2.29. The SMILES string of the molecule is c1ccc(-c2cc(-c3ccccc3)cc(-c3ccc(-n4c5ccc6ccccc6c5c5ccc6c7ccccc7n(-c7ccccc7)c6c54)cc3)c2)cc1.c1ccc(-n2c3ccccc3c3ccc4c5c6ccccc6ccc5n(-c5cccc(-n6c7ccccc7c7ccccc76)c5)c4c32)cc1.c1ccc(-n2c3ccccc3c3ccc4c5ccccc5n(-c5ccc(-c6ccc7sc8ccccc8c7c6)cc5)c4c32)cc1. The molecule has 690 valence electrons. The minimum atomic E-state index is 1.13. The zero-order chi connectivity index (χ0) is 97.1. The average Bonchev–Trinajstić information content (AvgIpc) is 1.52. The molecule has 32 aromatic rings. The smallest absolute Gasteiger partial charge is 0.0789 e. The Labute approximate surface area is 855 Å². The normalized spacial score (nSPS) is 11.9. The van der Waals surface area contributed by atoms with Gasteiger partial charge in [-0.3, -0.25) is 0 Å². The van der Waals surface area contributed by atoms with Gasteiger partial charge in [-0.1, -0.05) is 376 Å². The highest BCUT2D eigenvalue weighted by molar-refractivity contribution is 7.25. The van der Waals surface area contributed by atoms with Gasteiger partial charge >= 0.3 is 0 Å². The molecule has 8 heteroatoms. The van der Waals surface area contributed by atoms with E-state index in [1.807, 2.05) is 11.3 Å². The van der Waals surface area contributed by atoms with Gasteiger partial charge < -0.3 is 32.0 Å². The fourth-order valence-electron chi connectivity index (χ4n) is 24.3. The zero-order valence-corrected chi connectivity index (χ0v) is 81.2. The molecule has 0 unspecified atom stereocenters. The molecule has 0 saturated carbocycles. The lowest BCUT2D eigenvalue weighted by molar-refractivity contribution is 1.13. The number of thiophene rings is 1.